The molecular weight excluding hydrogens is 707 g/mol. The molecule has 47 heavy (non-hydrogen) atoms. The molecule has 0 radical (unpaired) electrons. The third kappa shape index (κ3) is 6.32. The van der Waals surface area contributed by atoms with Crippen molar-refractivity contribution in [3.05, 3.63) is 107 Å². The SMILES string of the molecule is O=C(On1c(C(Cl)(Cl)Cl)nc2cc(-c3ccc(F)cc3)cc(C(F)(F)F)c21)c1nc2c(C(F)(F)F)cc(-c3ccc(F)cc3)cc2[nH]1. The number of hydrogen-bond acceptors (Lipinski definition) is 4. The Kier molecular flexibility index (Phi) is 7.88. The van der Waals surface area contributed by atoms with E-state index >= 15 is 0 Å². The number of aromatic amines is 1. The number of imidazole rings is 2. The first-order chi connectivity index (χ1) is 21.9. The Balaban J connectivity index is 1.50. The van der Waals surface area contributed by atoms with Gasteiger partial charge >= 0.3 is 18.3 Å². The van der Waals surface area contributed by atoms with Gasteiger partial charge in [0.15, 0.2) is 5.82 Å². The molecule has 0 fully saturated rings. The summed E-state index contributed by atoms with van der Waals surface area (Å²) in [5.74, 6) is -4.49. The van der Waals surface area contributed by atoms with E-state index in [1.54, 1.807) is 0 Å². The third-order valence-corrected chi connectivity index (χ3v) is 7.39. The Morgan fingerprint density at radius 1 is 0.702 bits per heavy atom. The Morgan fingerprint density at radius 2 is 1.21 bits per heavy atom. The summed E-state index contributed by atoms with van der Waals surface area (Å²) in [5.41, 5.74) is -4.72. The van der Waals surface area contributed by atoms with Gasteiger partial charge in [-0.3, -0.25) is 0 Å². The number of hydrogen-bond donors (Lipinski definition) is 1. The molecule has 0 unspecified atom stereocenters. The molecule has 17 heteroatoms. The monoisotopic (exact) mass is 718 g/mol. The van der Waals surface area contributed by atoms with Crippen molar-refractivity contribution in [3.63, 3.8) is 0 Å². The van der Waals surface area contributed by atoms with E-state index < -0.39 is 73.1 Å². The molecule has 2 heterocycles. The number of alkyl halides is 9. The summed E-state index contributed by atoms with van der Waals surface area (Å²) in [6.07, 6.45) is -10.1. The van der Waals surface area contributed by atoms with Gasteiger partial charge in [-0.25, -0.2) is 23.5 Å². The normalized spacial score (nSPS) is 12.7. The number of carbonyl (C=O) groups is 1. The first kappa shape index (κ1) is 32.5. The van der Waals surface area contributed by atoms with E-state index in [1.807, 2.05) is 0 Å². The summed E-state index contributed by atoms with van der Waals surface area (Å²) in [6.45, 7) is 0. The van der Waals surface area contributed by atoms with Crippen LogP contribution in [0.5, 0.6) is 0 Å². The maximum atomic E-state index is 14.4. The molecule has 6 rings (SSSR count). The molecule has 0 amide bonds. The van der Waals surface area contributed by atoms with Crippen LogP contribution in [0.1, 0.15) is 27.6 Å². The lowest BCUT2D eigenvalue weighted by Crippen LogP contribution is -2.26. The molecule has 4 aromatic carbocycles. The Morgan fingerprint density at radius 3 is 1.72 bits per heavy atom. The van der Waals surface area contributed by atoms with Crippen LogP contribution in [-0.4, -0.2) is 25.7 Å². The van der Waals surface area contributed by atoms with Gasteiger partial charge in [-0.1, -0.05) is 59.1 Å². The minimum Gasteiger partial charge on any atom is -0.332 e. The van der Waals surface area contributed by atoms with Gasteiger partial charge < -0.3 is 9.82 Å². The molecule has 0 saturated carbocycles. The highest BCUT2D eigenvalue weighted by molar-refractivity contribution is 6.66. The van der Waals surface area contributed by atoms with Crippen LogP contribution in [-0.2, 0) is 16.1 Å². The van der Waals surface area contributed by atoms with Gasteiger partial charge in [0.05, 0.1) is 22.2 Å². The molecule has 6 nitrogen and oxygen atoms in total. The number of benzene rings is 4. The summed E-state index contributed by atoms with van der Waals surface area (Å²) in [4.78, 5) is 28.6. The van der Waals surface area contributed by atoms with Crippen LogP contribution in [0.3, 0.4) is 0 Å². The summed E-state index contributed by atoms with van der Waals surface area (Å²) in [7, 11) is 0. The van der Waals surface area contributed by atoms with E-state index in [0.29, 0.717) is 6.07 Å². The van der Waals surface area contributed by atoms with Crippen LogP contribution in [0, 0.1) is 11.6 Å². The van der Waals surface area contributed by atoms with Gasteiger partial charge in [-0.05, 0) is 70.8 Å². The quantitative estimate of drug-likeness (QED) is 0.146. The molecule has 0 aliphatic heterocycles. The van der Waals surface area contributed by atoms with Crippen molar-refractivity contribution in [2.75, 3.05) is 0 Å². The van der Waals surface area contributed by atoms with Crippen LogP contribution >= 0.6 is 34.8 Å². The van der Waals surface area contributed by atoms with Crippen LogP contribution in [0.2, 0.25) is 0 Å². The maximum Gasteiger partial charge on any atom is 0.418 e. The smallest absolute Gasteiger partial charge is 0.332 e. The van der Waals surface area contributed by atoms with E-state index in [4.69, 9.17) is 39.6 Å². The minimum atomic E-state index is -5.11. The number of carbonyl (C=O) groups excluding carboxylic acids is 1. The molecular formula is C30H13Cl3F8N4O2. The lowest BCUT2D eigenvalue weighted by molar-refractivity contribution is -0.137. The molecule has 1 N–H and O–H groups in total. The van der Waals surface area contributed by atoms with Gasteiger partial charge in [-0.2, -0.15) is 31.1 Å². The minimum absolute atomic E-state index is 0.0146. The van der Waals surface area contributed by atoms with Gasteiger partial charge in [-0.15, -0.1) is 0 Å². The second kappa shape index (κ2) is 11.4. The second-order valence-corrected chi connectivity index (χ2v) is 12.3. The fraction of sp³-hybridized carbons (Fsp3) is 0.100. The first-order valence-corrected chi connectivity index (χ1v) is 14.1. The zero-order valence-corrected chi connectivity index (χ0v) is 25.0. The average molecular weight is 720 g/mol. The predicted octanol–water partition coefficient (Wildman–Crippen LogP) is 9.66. The van der Waals surface area contributed by atoms with Gasteiger partial charge in [0.2, 0.25) is 5.82 Å². The second-order valence-electron chi connectivity index (χ2n) is 10.0. The van der Waals surface area contributed by atoms with E-state index in [9.17, 15) is 39.9 Å². The van der Waals surface area contributed by atoms with Crippen molar-refractivity contribution >= 4 is 62.8 Å². The summed E-state index contributed by atoms with van der Waals surface area (Å²) >= 11 is 18.0. The highest BCUT2D eigenvalue weighted by Crippen LogP contribution is 2.43. The van der Waals surface area contributed by atoms with Crippen molar-refractivity contribution in [1.82, 2.24) is 19.7 Å². The summed E-state index contributed by atoms with van der Waals surface area (Å²) < 4.78 is 110. The Bertz CT molecular complexity index is 2170. The zero-order valence-electron chi connectivity index (χ0n) is 22.7. The van der Waals surface area contributed by atoms with Crippen LogP contribution < -0.4 is 4.84 Å². The topological polar surface area (TPSA) is 72.8 Å². The van der Waals surface area contributed by atoms with Gasteiger partial charge in [0.25, 0.3) is 3.79 Å². The largest absolute Gasteiger partial charge is 0.418 e. The number of halogens is 11. The number of nitrogens with zero attached hydrogens (tertiary/aromatic N) is 3. The lowest BCUT2D eigenvalue weighted by Gasteiger charge is -2.16. The average Bonchev–Trinajstić information content (AvgIpc) is 3.58. The standard InChI is InChI=1S/C30H13Cl3F8N4O2/c31-28(32,33)27-43-22-12-16(14-3-7-18(35)8-4-14)10-20(30(39,40)41)24(22)45(27)47-26(46)25-42-21-11-15(13-1-5-17(34)6-2-13)9-19(23(21)44-25)29(36,37)38/h1-12H,(H,42,44). The van der Waals surface area contributed by atoms with E-state index in [0.717, 1.165) is 36.4 Å². The molecule has 2 aromatic heterocycles. The lowest BCUT2D eigenvalue weighted by atomic mass is 10.0. The molecule has 0 aliphatic rings. The Labute approximate surface area is 272 Å². The fourth-order valence-electron chi connectivity index (χ4n) is 4.84. The third-order valence-electron chi connectivity index (χ3n) is 6.89. The maximum absolute atomic E-state index is 14.4. The van der Waals surface area contributed by atoms with Crippen LogP contribution in [0.15, 0.2) is 72.8 Å². The number of nitrogens with one attached hydrogen (secondary N) is 1. The zero-order chi connectivity index (χ0) is 34.1. The molecule has 242 valence electrons. The van der Waals surface area contributed by atoms with Crippen LogP contribution in [0.4, 0.5) is 35.1 Å². The number of rotatable bonds is 4. The molecule has 0 saturated heterocycles. The number of fused-ring (bicyclic) bond motifs is 2. The molecule has 6 aromatic rings. The van der Waals surface area contributed by atoms with Crippen molar-refractivity contribution in [2.45, 2.75) is 16.1 Å². The number of H-pyrrole nitrogens is 1. The predicted molar refractivity (Wildman–Crippen MR) is 157 cm³/mol. The summed E-state index contributed by atoms with van der Waals surface area (Å²) in [5, 5.41) is 0. The van der Waals surface area contributed by atoms with Crippen molar-refractivity contribution in [3.8, 4) is 22.3 Å². The molecule has 0 atom stereocenters. The highest BCUT2D eigenvalue weighted by Gasteiger charge is 2.40. The molecule has 0 spiro atoms. The van der Waals surface area contributed by atoms with Gasteiger partial charge in [0.1, 0.15) is 22.7 Å². The van der Waals surface area contributed by atoms with E-state index in [1.165, 1.54) is 30.3 Å². The van der Waals surface area contributed by atoms with E-state index in [-0.39, 0.29) is 32.5 Å². The van der Waals surface area contributed by atoms with E-state index in [2.05, 4.69) is 15.0 Å². The summed E-state index contributed by atoms with van der Waals surface area (Å²) in [6, 6.07) is 12.8. The molecule has 0 bridgehead atoms. The van der Waals surface area contributed by atoms with Gasteiger partial charge in [0, 0.05) is 0 Å². The van der Waals surface area contributed by atoms with Crippen molar-refractivity contribution in [2.24, 2.45) is 0 Å². The van der Waals surface area contributed by atoms with Crippen LogP contribution in [0.25, 0.3) is 44.3 Å². The Hall–Kier alpha value is -4.40. The first-order valence-electron chi connectivity index (χ1n) is 13.0. The molecule has 0 aliphatic carbocycles. The fourth-order valence-corrected chi connectivity index (χ4v) is 5.20. The van der Waals surface area contributed by atoms with Crippen molar-refractivity contribution < 1.29 is 44.8 Å². The highest BCUT2D eigenvalue weighted by atomic mass is 35.6. The number of aromatic nitrogens is 4. The van der Waals surface area contributed by atoms with Crippen molar-refractivity contribution in [1.29, 1.82) is 0 Å².